The van der Waals surface area contributed by atoms with Crippen molar-refractivity contribution in [2.75, 3.05) is 23.3 Å². The molecule has 1 fully saturated rings. The number of carboxylic acids is 1. The fourth-order valence-electron chi connectivity index (χ4n) is 4.06. The number of nitrogens with zero attached hydrogens (tertiary/aromatic N) is 2. The molecule has 1 aromatic heterocycles. The van der Waals surface area contributed by atoms with Gasteiger partial charge in [-0.1, -0.05) is 24.3 Å². The summed E-state index contributed by atoms with van der Waals surface area (Å²) in [5, 5.41) is 22.9. The number of carbonyl (C=O) groups is 2. The number of fused-ring (bicyclic) bond motifs is 1. The molecule has 0 spiro atoms. The first-order valence-corrected chi connectivity index (χ1v) is 10.3. The molecule has 1 saturated heterocycles. The molecule has 3 aromatic rings. The van der Waals surface area contributed by atoms with Gasteiger partial charge in [0.15, 0.2) is 0 Å². The fourth-order valence-corrected chi connectivity index (χ4v) is 4.06. The number of aromatic carboxylic acids is 1. The Kier molecular flexibility index (Phi) is 5.61. The molecule has 2 heterocycles. The molecule has 0 aliphatic carbocycles. The summed E-state index contributed by atoms with van der Waals surface area (Å²) in [4.78, 5) is 31.7. The number of benzene rings is 2. The van der Waals surface area contributed by atoms with E-state index in [2.05, 4.69) is 10.2 Å². The van der Waals surface area contributed by atoms with E-state index in [9.17, 15) is 19.8 Å². The zero-order valence-electron chi connectivity index (χ0n) is 17.6. The van der Waals surface area contributed by atoms with Crippen LogP contribution in [0.15, 0.2) is 42.5 Å². The minimum absolute atomic E-state index is 0.160. The van der Waals surface area contributed by atoms with Gasteiger partial charge >= 0.3 is 5.97 Å². The van der Waals surface area contributed by atoms with Gasteiger partial charge in [-0.15, -0.1) is 0 Å². The summed E-state index contributed by atoms with van der Waals surface area (Å²) >= 11 is 0. The molecule has 4 rings (SSSR count). The maximum atomic E-state index is 13.4. The van der Waals surface area contributed by atoms with Crippen molar-refractivity contribution in [2.24, 2.45) is 0 Å². The predicted octanol–water partition coefficient (Wildman–Crippen LogP) is 3.76. The van der Waals surface area contributed by atoms with Gasteiger partial charge in [0.1, 0.15) is 5.82 Å². The van der Waals surface area contributed by atoms with Crippen LogP contribution in [-0.2, 0) is 0 Å². The van der Waals surface area contributed by atoms with Gasteiger partial charge in [-0.25, -0.2) is 9.78 Å². The number of rotatable bonds is 4. The normalized spacial score (nSPS) is 14.6. The van der Waals surface area contributed by atoms with Gasteiger partial charge in [-0.2, -0.15) is 0 Å². The Morgan fingerprint density at radius 3 is 2.48 bits per heavy atom. The number of aromatic nitrogens is 1. The summed E-state index contributed by atoms with van der Waals surface area (Å²) in [6.45, 7) is 4.88. The minimum Gasteiger partial charge on any atom is -0.478 e. The van der Waals surface area contributed by atoms with Crippen LogP contribution < -0.4 is 10.2 Å². The van der Waals surface area contributed by atoms with Gasteiger partial charge in [0.05, 0.1) is 22.7 Å². The Morgan fingerprint density at radius 2 is 1.77 bits per heavy atom. The lowest BCUT2D eigenvalue weighted by atomic mass is 10.0. The molecule has 2 aromatic carbocycles. The van der Waals surface area contributed by atoms with Gasteiger partial charge in [-0.3, -0.25) is 4.79 Å². The Balaban J connectivity index is 1.74. The van der Waals surface area contributed by atoms with Crippen LogP contribution in [0.1, 0.15) is 44.7 Å². The summed E-state index contributed by atoms with van der Waals surface area (Å²) in [6, 6.07) is 12.5. The lowest BCUT2D eigenvalue weighted by Gasteiger charge is -2.31. The number of para-hydroxylation sites is 1. The largest absolute Gasteiger partial charge is 0.478 e. The van der Waals surface area contributed by atoms with E-state index in [0.717, 1.165) is 10.9 Å². The molecular weight excluding hydrogens is 394 g/mol. The lowest BCUT2D eigenvalue weighted by Crippen LogP contribution is -2.36. The summed E-state index contributed by atoms with van der Waals surface area (Å²) in [6.07, 6.45) is 1.03. The monoisotopic (exact) mass is 419 g/mol. The van der Waals surface area contributed by atoms with E-state index in [1.54, 1.807) is 25.1 Å². The number of piperidine rings is 1. The van der Waals surface area contributed by atoms with Crippen molar-refractivity contribution < 1.29 is 19.8 Å². The van der Waals surface area contributed by atoms with E-state index in [1.807, 2.05) is 31.2 Å². The third kappa shape index (κ3) is 4.09. The zero-order chi connectivity index (χ0) is 22.1. The van der Waals surface area contributed by atoms with E-state index >= 15 is 0 Å². The lowest BCUT2D eigenvalue weighted by molar-refractivity contribution is 0.0695. The second-order valence-corrected chi connectivity index (χ2v) is 7.95. The van der Waals surface area contributed by atoms with Crippen molar-refractivity contribution >= 4 is 34.3 Å². The highest BCUT2D eigenvalue weighted by Crippen LogP contribution is 2.28. The highest BCUT2D eigenvalue weighted by atomic mass is 16.4. The number of aryl methyl sites for hydroxylation is 1. The van der Waals surface area contributed by atoms with E-state index in [-0.39, 0.29) is 17.6 Å². The number of carbonyl (C=O) groups excluding carboxylic acids is 1. The Bertz CT molecular complexity index is 1170. The summed E-state index contributed by atoms with van der Waals surface area (Å²) < 4.78 is 0. The van der Waals surface area contributed by atoms with E-state index in [0.29, 0.717) is 54.1 Å². The van der Waals surface area contributed by atoms with E-state index in [4.69, 9.17) is 4.98 Å². The highest BCUT2D eigenvalue weighted by Gasteiger charge is 2.22. The average Bonchev–Trinajstić information content (AvgIpc) is 2.76. The topological polar surface area (TPSA) is 103 Å². The number of hydrogen-bond acceptors (Lipinski definition) is 5. The Morgan fingerprint density at radius 1 is 1.06 bits per heavy atom. The van der Waals surface area contributed by atoms with Crippen LogP contribution in [0.3, 0.4) is 0 Å². The molecule has 1 aliphatic heterocycles. The van der Waals surface area contributed by atoms with Crippen LogP contribution in [0.5, 0.6) is 0 Å². The highest BCUT2D eigenvalue weighted by molar-refractivity contribution is 6.13. The molecule has 0 atom stereocenters. The van der Waals surface area contributed by atoms with Crippen LogP contribution >= 0.6 is 0 Å². The van der Waals surface area contributed by atoms with Crippen molar-refractivity contribution in [1.82, 2.24) is 4.98 Å². The minimum atomic E-state index is -1.03. The number of amides is 1. The van der Waals surface area contributed by atoms with E-state index < -0.39 is 5.97 Å². The van der Waals surface area contributed by atoms with Gasteiger partial charge in [0.25, 0.3) is 5.91 Å². The van der Waals surface area contributed by atoms with E-state index in [1.165, 1.54) is 0 Å². The van der Waals surface area contributed by atoms with Crippen LogP contribution in [0.4, 0.5) is 11.5 Å². The number of hydrogen-bond donors (Lipinski definition) is 3. The number of nitrogens with one attached hydrogen (secondary N) is 1. The van der Waals surface area contributed by atoms with Crippen LogP contribution in [-0.4, -0.2) is 46.3 Å². The third-order valence-electron chi connectivity index (χ3n) is 5.88. The van der Waals surface area contributed by atoms with Gasteiger partial charge < -0.3 is 20.4 Å². The predicted molar refractivity (Wildman–Crippen MR) is 120 cm³/mol. The molecule has 1 amide bonds. The van der Waals surface area contributed by atoms with Crippen molar-refractivity contribution in [3.8, 4) is 0 Å². The molecule has 1 aliphatic rings. The molecule has 0 radical (unpaired) electrons. The Labute approximate surface area is 180 Å². The van der Waals surface area contributed by atoms with Gasteiger partial charge in [0.2, 0.25) is 0 Å². The van der Waals surface area contributed by atoms with Gasteiger partial charge in [-0.05, 0) is 56.0 Å². The molecule has 0 unspecified atom stereocenters. The second-order valence-electron chi connectivity index (χ2n) is 7.95. The second kappa shape index (κ2) is 8.35. The first-order valence-electron chi connectivity index (χ1n) is 10.3. The summed E-state index contributed by atoms with van der Waals surface area (Å²) in [7, 11) is 0. The molecule has 0 saturated carbocycles. The molecule has 160 valence electrons. The molecule has 31 heavy (non-hydrogen) atoms. The maximum Gasteiger partial charge on any atom is 0.336 e. The van der Waals surface area contributed by atoms with Crippen molar-refractivity contribution in [3.05, 3.63) is 64.7 Å². The number of pyridine rings is 1. The number of anilines is 2. The number of aliphatic hydroxyl groups excluding tert-OH is 1. The van der Waals surface area contributed by atoms with Crippen molar-refractivity contribution in [1.29, 1.82) is 0 Å². The first kappa shape index (κ1) is 20.8. The molecule has 3 N–H and O–H groups in total. The van der Waals surface area contributed by atoms with Crippen LogP contribution in [0.2, 0.25) is 0 Å². The fraction of sp³-hybridized carbons (Fsp3) is 0.292. The maximum absolute atomic E-state index is 13.4. The molecule has 7 heteroatoms. The third-order valence-corrected chi connectivity index (χ3v) is 5.88. The smallest absolute Gasteiger partial charge is 0.336 e. The molecular formula is C24H25N3O4. The SMILES string of the molecule is Cc1ccc(C(=O)O)c(C)c1NC(=O)c1cc(N2CCC(O)CC2)nc2ccccc12. The number of aliphatic hydroxyl groups is 1. The summed E-state index contributed by atoms with van der Waals surface area (Å²) in [5.41, 5.74) is 3.17. The molecule has 0 bridgehead atoms. The number of carboxylic acid groups (broad SMARTS) is 1. The molecule has 7 nitrogen and oxygen atoms in total. The standard InChI is InChI=1S/C24H25N3O4/c1-14-7-8-17(24(30)31)15(2)22(14)26-23(29)19-13-21(27-11-9-16(28)10-12-27)25-20-6-4-3-5-18(19)20/h3-8,13,16,28H,9-12H2,1-2H3,(H,26,29)(H,30,31). The Hall–Kier alpha value is -3.45. The zero-order valence-corrected chi connectivity index (χ0v) is 17.6. The first-order chi connectivity index (χ1) is 14.8. The van der Waals surface area contributed by atoms with Crippen LogP contribution in [0, 0.1) is 13.8 Å². The van der Waals surface area contributed by atoms with Gasteiger partial charge in [0, 0.05) is 24.2 Å². The van der Waals surface area contributed by atoms with Crippen molar-refractivity contribution in [2.45, 2.75) is 32.8 Å². The average molecular weight is 419 g/mol. The van der Waals surface area contributed by atoms with Crippen molar-refractivity contribution in [3.63, 3.8) is 0 Å². The summed E-state index contributed by atoms with van der Waals surface area (Å²) in [5.74, 6) is -0.647. The quantitative estimate of drug-likeness (QED) is 0.595. The van der Waals surface area contributed by atoms with Crippen LogP contribution in [0.25, 0.3) is 10.9 Å².